The highest BCUT2D eigenvalue weighted by Crippen LogP contribution is 2.22. The number of hydrogen-bond donors (Lipinski definition) is 1. The molecule has 1 aromatic carbocycles. The summed E-state index contributed by atoms with van der Waals surface area (Å²) >= 11 is 0. The molecular formula is C22H23N5O. The third-order valence-electron chi connectivity index (χ3n) is 4.37. The van der Waals surface area contributed by atoms with Crippen molar-refractivity contribution in [1.29, 1.82) is 5.26 Å². The van der Waals surface area contributed by atoms with Crippen LogP contribution in [0.4, 0.5) is 5.82 Å². The van der Waals surface area contributed by atoms with Crippen LogP contribution in [0.2, 0.25) is 0 Å². The number of hydrogen-bond acceptors (Lipinski definition) is 4. The fourth-order valence-corrected chi connectivity index (χ4v) is 2.76. The Morgan fingerprint density at radius 2 is 1.89 bits per heavy atom. The van der Waals surface area contributed by atoms with E-state index in [1.807, 2.05) is 18.2 Å². The maximum Gasteiger partial charge on any atom is 0.229 e. The number of pyridine rings is 1. The monoisotopic (exact) mass is 373 g/mol. The van der Waals surface area contributed by atoms with Crippen LogP contribution in [0.3, 0.4) is 0 Å². The van der Waals surface area contributed by atoms with E-state index in [9.17, 15) is 4.79 Å². The first kappa shape index (κ1) is 19.3. The van der Waals surface area contributed by atoms with Gasteiger partial charge in [-0.25, -0.2) is 0 Å². The first-order chi connectivity index (χ1) is 13.3. The minimum absolute atomic E-state index is 0.0946. The largest absolute Gasteiger partial charge is 0.309 e. The number of nitriles is 1. The molecule has 142 valence electrons. The molecule has 2 heterocycles. The van der Waals surface area contributed by atoms with Crippen LogP contribution < -0.4 is 5.32 Å². The van der Waals surface area contributed by atoms with Gasteiger partial charge in [-0.2, -0.15) is 10.4 Å². The summed E-state index contributed by atoms with van der Waals surface area (Å²) in [4.78, 5) is 16.5. The van der Waals surface area contributed by atoms with Crippen molar-refractivity contribution in [2.45, 2.75) is 39.2 Å². The Labute approximate surface area is 164 Å². The second-order valence-corrected chi connectivity index (χ2v) is 7.72. The van der Waals surface area contributed by atoms with Gasteiger partial charge in [0.05, 0.1) is 24.2 Å². The van der Waals surface area contributed by atoms with E-state index < -0.39 is 0 Å². The second kappa shape index (κ2) is 8.05. The SMILES string of the molecule is CC(C)(C)c1ccc(CC(=O)Nc2ccn(Cc3ccc(C#N)cn3)n2)cc1. The highest BCUT2D eigenvalue weighted by atomic mass is 16.1. The van der Waals surface area contributed by atoms with Gasteiger partial charge in [0.15, 0.2) is 5.82 Å². The van der Waals surface area contributed by atoms with Crippen LogP contribution in [-0.2, 0) is 23.2 Å². The molecule has 0 aliphatic rings. The summed E-state index contributed by atoms with van der Waals surface area (Å²) < 4.78 is 1.70. The number of benzene rings is 1. The summed E-state index contributed by atoms with van der Waals surface area (Å²) in [6.07, 6.45) is 3.62. The van der Waals surface area contributed by atoms with E-state index in [0.717, 1.165) is 11.3 Å². The smallest absolute Gasteiger partial charge is 0.229 e. The minimum Gasteiger partial charge on any atom is -0.309 e. The predicted octanol–water partition coefficient (Wildman–Crippen LogP) is 3.68. The van der Waals surface area contributed by atoms with Crippen LogP contribution in [0.25, 0.3) is 0 Å². The molecule has 2 aromatic heterocycles. The Morgan fingerprint density at radius 1 is 1.14 bits per heavy atom. The van der Waals surface area contributed by atoms with E-state index in [2.05, 4.69) is 48.3 Å². The Balaban J connectivity index is 1.57. The van der Waals surface area contributed by atoms with Gasteiger partial charge in [0, 0.05) is 18.5 Å². The number of rotatable bonds is 5. The fourth-order valence-electron chi connectivity index (χ4n) is 2.76. The molecule has 0 aliphatic carbocycles. The van der Waals surface area contributed by atoms with E-state index in [1.165, 1.54) is 11.8 Å². The van der Waals surface area contributed by atoms with Crippen LogP contribution in [0.1, 0.15) is 43.2 Å². The molecule has 0 saturated carbocycles. The van der Waals surface area contributed by atoms with E-state index in [4.69, 9.17) is 5.26 Å². The quantitative estimate of drug-likeness (QED) is 0.739. The first-order valence-electron chi connectivity index (χ1n) is 9.11. The molecule has 6 nitrogen and oxygen atoms in total. The molecule has 0 atom stereocenters. The van der Waals surface area contributed by atoms with Gasteiger partial charge in [-0.15, -0.1) is 0 Å². The first-order valence-corrected chi connectivity index (χ1v) is 9.11. The van der Waals surface area contributed by atoms with Crippen LogP contribution in [0, 0.1) is 11.3 Å². The van der Waals surface area contributed by atoms with E-state index in [-0.39, 0.29) is 11.3 Å². The number of nitrogens with one attached hydrogen (secondary N) is 1. The lowest BCUT2D eigenvalue weighted by molar-refractivity contribution is -0.115. The summed E-state index contributed by atoms with van der Waals surface area (Å²) in [5.74, 6) is 0.398. The average molecular weight is 373 g/mol. The van der Waals surface area contributed by atoms with Gasteiger partial charge in [-0.1, -0.05) is 45.0 Å². The normalized spacial score (nSPS) is 11.1. The Morgan fingerprint density at radius 3 is 2.50 bits per heavy atom. The van der Waals surface area contributed by atoms with Crippen LogP contribution >= 0.6 is 0 Å². The zero-order valence-electron chi connectivity index (χ0n) is 16.3. The lowest BCUT2D eigenvalue weighted by Gasteiger charge is -2.19. The third-order valence-corrected chi connectivity index (χ3v) is 4.37. The highest BCUT2D eigenvalue weighted by molar-refractivity contribution is 5.91. The van der Waals surface area contributed by atoms with Crippen LogP contribution in [0.5, 0.6) is 0 Å². The van der Waals surface area contributed by atoms with Crippen molar-refractivity contribution in [1.82, 2.24) is 14.8 Å². The molecule has 0 saturated heterocycles. The molecular weight excluding hydrogens is 350 g/mol. The molecule has 1 amide bonds. The highest BCUT2D eigenvalue weighted by Gasteiger charge is 2.13. The Kier molecular flexibility index (Phi) is 5.55. The van der Waals surface area contributed by atoms with Gasteiger partial charge in [-0.3, -0.25) is 14.5 Å². The molecule has 0 bridgehead atoms. The summed E-state index contributed by atoms with van der Waals surface area (Å²) in [6.45, 7) is 6.96. The predicted molar refractivity (Wildman–Crippen MR) is 108 cm³/mol. The molecule has 1 N–H and O–H groups in total. The molecule has 3 aromatic rings. The van der Waals surface area contributed by atoms with Gasteiger partial charge < -0.3 is 5.32 Å². The fraction of sp³-hybridized carbons (Fsp3) is 0.273. The van der Waals surface area contributed by atoms with Crippen LogP contribution in [0.15, 0.2) is 54.9 Å². The van der Waals surface area contributed by atoms with Crippen molar-refractivity contribution in [2.75, 3.05) is 5.32 Å². The molecule has 3 rings (SSSR count). The number of carbonyl (C=O) groups is 1. The van der Waals surface area contributed by atoms with Crippen molar-refractivity contribution in [3.8, 4) is 6.07 Å². The lowest BCUT2D eigenvalue weighted by Crippen LogP contribution is -2.16. The topological polar surface area (TPSA) is 83.6 Å². The maximum absolute atomic E-state index is 12.3. The standard InChI is InChI=1S/C22H23N5O/c1-22(2,3)18-7-4-16(5-8-18)12-21(28)25-20-10-11-27(26-20)15-19-9-6-17(13-23)14-24-19/h4-11,14H,12,15H2,1-3H3,(H,25,26,28). The van der Waals surface area contributed by atoms with Gasteiger partial charge in [0.2, 0.25) is 5.91 Å². The molecule has 0 spiro atoms. The van der Waals surface area contributed by atoms with Crippen molar-refractivity contribution < 1.29 is 4.79 Å². The Bertz CT molecular complexity index is 989. The van der Waals surface area contributed by atoms with Crippen molar-refractivity contribution in [2.24, 2.45) is 0 Å². The molecule has 0 unspecified atom stereocenters. The third kappa shape index (κ3) is 5.04. The molecule has 0 radical (unpaired) electrons. The molecule has 0 fully saturated rings. The zero-order chi connectivity index (χ0) is 20.1. The second-order valence-electron chi connectivity index (χ2n) is 7.72. The van der Waals surface area contributed by atoms with Crippen molar-refractivity contribution >= 4 is 11.7 Å². The number of nitrogens with zero attached hydrogens (tertiary/aromatic N) is 4. The van der Waals surface area contributed by atoms with Gasteiger partial charge in [-0.05, 0) is 28.7 Å². The van der Waals surface area contributed by atoms with Gasteiger partial charge in [0.1, 0.15) is 6.07 Å². The summed E-state index contributed by atoms with van der Waals surface area (Å²) in [7, 11) is 0. The van der Waals surface area contributed by atoms with E-state index in [0.29, 0.717) is 24.3 Å². The molecule has 0 aliphatic heterocycles. The number of aromatic nitrogens is 3. The van der Waals surface area contributed by atoms with Crippen molar-refractivity contribution in [3.63, 3.8) is 0 Å². The summed E-state index contributed by atoms with van der Waals surface area (Å²) in [5.41, 5.74) is 3.61. The summed E-state index contributed by atoms with van der Waals surface area (Å²) in [6, 6.07) is 15.4. The number of anilines is 1. The van der Waals surface area contributed by atoms with Crippen LogP contribution in [-0.4, -0.2) is 20.7 Å². The van der Waals surface area contributed by atoms with E-state index >= 15 is 0 Å². The van der Waals surface area contributed by atoms with Gasteiger partial charge in [0.25, 0.3) is 0 Å². The average Bonchev–Trinajstić information content (AvgIpc) is 3.08. The van der Waals surface area contributed by atoms with Gasteiger partial charge >= 0.3 is 0 Å². The van der Waals surface area contributed by atoms with E-state index in [1.54, 1.807) is 29.1 Å². The van der Waals surface area contributed by atoms with Crippen molar-refractivity contribution in [3.05, 3.63) is 77.2 Å². The maximum atomic E-state index is 12.3. The lowest BCUT2D eigenvalue weighted by atomic mass is 9.86. The Hall–Kier alpha value is -3.46. The number of amides is 1. The number of carbonyl (C=O) groups excluding carboxylic acids is 1. The minimum atomic E-state index is -0.106. The molecule has 28 heavy (non-hydrogen) atoms. The molecule has 6 heteroatoms. The summed E-state index contributed by atoms with van der Waals surface area (Å²) in [5, 5.41) is 16.0. The zero-order valence-corrected chi connectivity index (χ0v) is 16.3.